The molecule has 4 heteroatoms. The molecule has 19 heavy (non-hydrogen) atoms. The third kappa shape index (κ3) is 5.73. The van der Waals surface area contributed by atoms with Crippen LogP contribution in [0.5, 0.6) is 5.75 Å². The van der Waals surface area contributed by atoms with Crippen molar-refractivity contribution in [2.75, 3.05) is 6.61 Å². The van der Waals surface area contributed by atoms with Crippen LogP contribution < -0.4 is 10.5 Å². The fourth-order valence-electron chi connectivity index (χ4n) is 1.90. The van der Waals surface area contributed by atoms with E-state index >= 15 is 0 Å². The van der Waals surface area contributed by atoms with E-state index in [0.29, 0.717) is 17.9 Å². The smallest absolute Gasteiger partial charge is 0.130 e. The first kappa shape index (κ1) is 15.5. The summed E-state index contributed by atoms with van der Waals surface area (Å²) < 4.78 is 18.6. The molecule has 0 atom stereocenters. The first-order valence-corrected chi connectivity index (χ1v) is 6.92. The lowest BCUT2D eigenvalue weighted by Gasteiger charge is -2.10. The van der Waals surface area contributed by atoms with Crippen LogP contribution in [-0.4, -0.2) is 12.4 Å². The number of halogens is 1. The van der Waals surface area contributed by atoms with Crippen LogP contribution in [0.3, 0.4) is 0 Å². The van der Waals surface area contributed by atoms with Gasteiger partial charge in [0.25, 0.3) is 0 Å². The number of nitrogens with two attached hydrogens (primary N) is 1. The Bertz CT molecular complexity index is 407. The van der Waals surface area contributed by atoms with E-state index in [2.05, 4.69) is 6.92 Å². The third-order valence-electron chi connectivity index (χ3n) is 2.99. The van der Waals surface area contributed by atoms with Crippen LogP contribution in [0.2, 0.25) is 0 Å². The minimum absolute atomic E-state index is 0.169. The van der Waals surface area contributed by atoms with Crippen molar-refractivity contribution in [3.63, 3.8) is 0 Å². The SMILES string of the molecule is CCCCCCCCOc1ccc(F)cc1C(=N)N. The van der Waals surface area contributed by atoms with Crippen LogP contribution in [0.1, 0.15) is 51.0 Å². The quantitative estimate of drug-likeness (QED) is 0.405. The van der Waals surface area contributed by atoms with Gasteiger partial charge in [-0.3, -0.25) is 5.41 Å². The van der Waals surface area contributed by atoms with Gasteiger partial charge in [0.2, 0.25) is 0 Å². The van der Waals surface area contributed by atoms with Gasteiger partial charge in [-0.1, -0.05) is 39.0 Å². The van der Waals surface area contributed by atoms with Crippen molar-refractivity contribution >= 4 is 5.84 Å². The topological polar surface area (TPSA) is 59.1 Å². The summed E-state index contributed by atoms with van der Waals surface area (Å²) in [6.07, 6.45) is 7.13. The number of nitrogens with one attached hydrogen (secondary N) is 1. The molecule has 0 aliphatic heterocycles. The summed E-state index contributed by atoms with van der Waals surface area (Å²) in [5.41, 5.74) is 5.73. The maximum atomic E-state index is 13.1. The van der Waals surface area contributed by atoms with Gasteiger partial charge in [0.15, 0.2) is 0 Å². The standard InChI is InChI=1S/C15H23FN2O/c1-2-3-4-5-6-7-10-19-14-9-8-12(16)11-13(14)15(17)18/h8-9,11H,2-7,10H2,1H3,(H3,17,18). The van der Waals surface area contributed by atoms with Crippen molar-refractivity contribution in [3.8, 4) is 5.75 Å². The van der Waals surface area contributed by atoms with Crippen LogP contribution in [-0.2, 0) is 0 Å². The Morgan fingerprint density at radius 3 is 2.58 bits per heavy atom. The summed E-state index contributed by atoms with van der Waals surface area (Å²) in [5, 5.41) is 7.40. The van der Waals surface area contributed by atoms with Gasteiger partial charge in [-0.25, -0.2) is 4.39 Å². The molecule has 1 aromatic rings. The second-order valence-corrected chi connectivity index (χ2v) is 4.67. The Morgan fingerprint density at radius 1 is 1.21 bits per heavy atom. The molecule has 0 bridgehead atoms. The average molecular weight is 266 g/mol. The summed E-state index contributed by atoms with van der Waals surface area (Å²) >= 11 is 0. The highest BCUT2D eigenvalue weighted by molar-refractivity contribution is 5.97. The van der Waals surface area contributed by atoms with Gasteiger partial charge in [0, 0.05) is 0 Å². The number of rotatable bonds is 9. The Balaban J connectivity index is 2.35. The number of unbranched alkanes of at least 4 members (excludes halogenated alkanes) is 5. The number of hydrogen-bond donors (Lipinski definition) is 2. The van der Waals surface area contributed by atoms with E-state index in [0.717, 1.165) is 12.8 Å². The van der Waals surface area contributed by atoms with E-state index in [1.165, 1.54) is 43.9 Å². The molecular weight excluding hydrogens is 243 g/mol. The normalized spacial score (nSPS) is 10.4. The molecule has 0 aromatic heterocycles. The van der Waals surface area contributed by atoms with E-state index in [9.17, 15) is 4.39 Å². The molecule has 0 saturated heterocycles. The van der Waals surface area contributed by atoms with Crippen molar-refractivity contribution in [1.29, 1.82) is 5.41 Å². The zero-order valence-electron chi connectivity index (χ0n) is 11.5. The summed E-state index contributed by atoms with van der Waals surface area (Å²) in [4.78, 5) is 0. The highest BCUT2D eigenvalue weighted by atomic mass is 19.1. The number of benzene rings is 1. The molecule has 0 unspecified atom stereocenters. The largest absolute Gasteiger partial charge is 0.493 e. The van der Waals surface area contributed by atoms with Gasteiger partial charge in [-0.15, -0.1) is 0 Å². The minimum atomic E-state index is -0.405. The molecule has 0 aliphatic carbocycles. The highest BCUT2D eigenvalue weighted by Crippen LogP contribution is 2.19. The van der Waals surface area contributed by atoms with E-state index in [1.807, 2.05) is 0 Å². The number of ether oxygens (including phenoxy) is 1. The Labute approximate surface area is 114 Å². The predicted molar refractivity (Wildman–Crippen MR) is 76.3 cm³/mol. The summed E-state index contributed by atoms with van der Waals surface area (Å²) in [6.45, 7) is 2.78. The molecule has 0 heterocycles. The fourth-order valence-corrected chi connectivity index (χ4v) is 1.90. The van der Waals surface area contributed by atoms with Gasteiger partial charge >= 0.3 is 0 Å². The number of hydrogen-bond acceptors (Lipinski definition) is 2. The summed E-state index contributed by atoms with van der Waals surface area (Å²) in [7, 11) is 0. The first-order chi connectivity index (χ1) is 9.15. The zero-order chi connectivity index (χ0) is 14.1. The summed E-state index contributed by atoms with van der Waals surface area (Å²) in [6, 6.07) is 4.09. The van der Waals surface area contributed by atoms with Crippen molar-refractivity contribution in [1.82, 2.24) is 0 Å². The molecule has 106 valence electrons. The second-order valence-electron chi connectivity index (χ2n) is 4.67. The highest BCUT2D eigenvalue weighted by Gasteiger charge is 2.08. The molecule has 1 aromatic carbocycles. The third-order valence-corrected chi connectivity index (χ3v) is 2.99. The van der Waals surface area contributed by atoms with Gasteiger partial charge in [0.05, 0.1) is 12.2 Å². The van der Waals surface area contributed by atoms with Gasteiger partial charge in [-0.2, -0.15) is 0 Å². The molecule has 0 saturated carbocycles. The zero-order valence-corrected chi connectivity index (χ0v) is 11.5. The minimum Gasteiger partial charge on any atom is -0.493 e. The van der Waals surface area contributed by atoms with E-state index in [4.69, 9.17) is 15.9 Å². The second kappa shape index (κ2) is 8.51. The van der Waals surface area contributed by atoms with Crippen molar-refractivity contribution in [2.24, 2.45) is 5.73 Å². The number of amidine groups is 1. The Kier molecular flexibility index (Phi) is 6.93. The lowest BCUT2D eigenvalue weighted by molar-refractivity contribution is 0.303. The molecule has 1 rings (SSSR count). The van der Waals surface area contributed by atoms with Crippen LogP contribution in [0.4, 0.5) is 4.39 Å². The maximum Gasteiger partial charge on any atom is 0.130 e. The predicted octanol–water partition coefficient (Wildman–Crippen LogP) is 3.85. The van der Waals surface area contributed by atoms with E-state index in [-0.39, 0.29) is 5.84 Å². The van der Waals surface area contributed by atoms with Crippen LogP contribution >= 0.6 is 0 Å². The monoisotopic (exact) mass is 266 g/mol. The lowest BCUT2D eigenvalue weighted by Crippen LogP contribution is -2.14. The van der Waals surface area contributed by atoms with Gasteiger partial charge < -0.3 is 10.5 Å². The molecule has 0 radical (unpaired) electrons. The summed E-state index contributed by atoms with van der Waals surface area (Å²) in [5.74, 6) is -0.0861. The molecule has 0 fully saturated rings. The lowest BCUT2D eigenvalue weighted by atomic mass is 10.1. The fraction of sp³-hybridized carbons (Fsp3) is 0.533. The molecule has 0 spiro atoms. The molecular formula is C15H23FN2O. The number of nitrogen functional groups attached to an aromatic ring is 1. The Hall–Kier alpha value is -1.58. The Morgan fingerprint density at radius 2 is 1.89 bits per heavy atom. The van der Waals surface area contributed by atoms with Gasteiger partial charge in [0.1, 0.15) is 17.4 Å². The van der Waals surface area contributed by atoms with Crippen LogP contribution in [0.15, 0.2) is 18.2 Å². The molecule has 0 aliphatic rings. The molecule has 3 nitrogen and oxygen atoms in total. The van der Waals surface area contributed by atoms with Crippen LogP contribution in [0, 0.1) is 11.2 Å². The van der Waals surface area contributed by atoms with Crippen molar-refractivity contribution < 1.29 is 9.13 Å². The van der Waals surface area contributed by atoms with Crippen LogP contribution in [0.25, 0.3) is 0 Å². The van der Waals surface area contributed by atoms with Crippen molar-refractivity contribution in [3.05, 3.63) is 29.6 Å². The first-order valence-electron chi connectivity index (χ1n) is 6.92. The molecule has 0 amide bonds. The van der Waals surface area contributed by atoms with Crippen molar-refractivity contribution in [2.45, 2.75) is 45.4 Å². The maximum absolute atomic E-state index is 13.1. The van der Waals surface area contributed by atoms with E-state index in [1.54, 1.807) is 0 Å². The average Bonchev–Trinajstić information content (AvgIpc) is 2.39. The van der Waals surface area contributed by atoms with E-state index < -0.39 is 5.82 Å². The molecule has 3 N–H and O–H groups in total. The van der Waals surface area contributed by atoms with Gasteiger partial charge in [-0.05, 0) is 24.6 Å².